The summed E-state index contributed by atoms with van der Waals surface area (Å²) in [4.78, 5) is 23.8. The molecule has 2 atom stereocenters. The van der Waals surface area contributed by atoms with Gasteiger partial charge in [-0.15, -0.1) is 0 Å². The van der Waals surface area contributed by atoms with Crippen LogP contribution in [0.1, 0.15) is 26.7 Å². The van der Waals surface area contributed by atoms with E-state index in [2.05, 4.69) is 0 Å². The van der Waals surface area contributed by atoms with E-state index in [4.69, 9.17) is 5.26 Å². The Hall–Kier alpha value is -2.56. The minimum absolute atomic E-state index is 0.0348. The first-order chi connectivity index (χ1) is 10.3. The molecular formula is C14H19N3O5. The summed E-state index contributed by atoms with van der Waals surface area (Å²) in [6.45, 7) is 4.46. The largest absolute Gasteiger partial charge is 0.509 e. The first-order valence-corrected chi connectivity index (χ1v) is 7.01. The highest BCUT2D eigenvalue weighted by Gasteiger charge is 2.37. The van der Waals surface area contributed by atoms with Gasteiger partial charge < -0.3 is 15.1 Å². The highest BCUT2D eigenvalue weighted by molar-refractivity contribution is 5.97. The number of hydrogen-bond acceptors (Lipinski definition) is 6. The fourth-order valence-electron chi connectivity index (χ4n) is 2.41. The van der Waals surface area contributed by atoms with Crippen LogP contribution in [0.4, 0.5) is 0 Å². The Kier molecular flexibility index (Phi) is 5.92. The third-order valence-electron chi connectivity index (χ3n) is 3.65. The standard InChI is InChI=1S/C14H19N3O5/c1-3-16(4-2)14(20)10(8-15)5-9-6-11(17(21)22)13(19)12(18)7-9/h5,9,11,18-19H,3-4,6-7H2,1-2H3/b10-5+. The van der Waals surface area contributed by atoms with Gasteiger partial charge in [-0.2, -0.15) is 5.26 Å². The fraction of sp³-hybridized carbons (Fsp3) is 0.571. The number of nitro groups is 1. The van der Waals surface area contributed by atoms with E-state index in [1.54, 1.807) is 13.8 Å². The molecule has 0 radical (unpaired) electrons. The van der Waals surface area contributed by atoms with Crippen molar-refractivity contribution in [3.05, 3.63) is 33.3 Å². The molecule has 0 fully saturated rings. The average molecular weight is 309 g/mol. The molecule has 1 aliphatic rings. The third-order valence-corrected chi connectivity index (χ3v) is 3.65. The van der Waals surface area contributed by atoms with Crippen molar-refractivity contribution < 1.29 is 19.9 Å². The molecule has 8 heteroatoms. The number of carbonyl (C=O) groups excluding carboxylic acids is 1. The summed E-state index contributed by atoms with van der Waals surface area (Å²) in [6, 6.07) is 0.390. The zero-order chi connectivity index (χ0) is 16.9. The molecule has 0 bridgehead atoms. The van der Waals surface area contributed by atoms with E-state index in [1.165, 1.54) is 11.0 Å². The maximum atomic E-state index is 12.1. The average Bonchev–Trinajstić information content (AvgIpc) is 2.48. The fourth-order valence-corrected chi connectivity index (χ4v) is 2.41. The van der Waals surface area contributed by atoms with Crippen LogP contribution in [0.2, 0.25) is 0 Å². The maximum Gasteiger partial charge on any atom is 0.272 e. The molecular weight excluding hydrogens is 290 g/mol. The van der Waals surface area contributed by atoms with E-state index >= 15 is 0 Å². The van der Waals surface area contributed by atoms with Crippen molar-refractivity contribution in [1.82, 2.24) is 4.90 Å². The molecule has 2 N–H and O–H groups in total. The van der Waals surface area contributed by atoms with Crippen molar-refractivity contribution in [3.8, 4) is 6.07 Å². The van der Waals surface area contributed by atoms with Crippen LogP contribution < -0.4 is 0 Å². The van der Waals surface area contributed by atoms with Crippen molar-refractivity contribution in [3.63, 3.8) is 0 Å². The van der Waals surface area contributed by atoms with Crippen molar-refractivity contribution in [2.45, 2.75) is 32.7 Å². The van der Waals surface area contributed by atoms with Crippen LogP contribution >= 0.6 is 0 Å². The lowest BCUT2D eigenvalue weighted by Gasteiger charge is -2.23. The molecule has 22 heavy (non-hydrogen) atoms. The van der Waals surface area contributed by atoms with Crippen LogP contribution in [-0.2, 0) is 4.79 Å². The number of amides is 1. The second-order valence-corrected chi connectivity index (χ2v) is 5.00. The predicted octanol–water partition coefficient (Wildman–Crippen LogP) is 1.69. The summed E-state index contributed by atoms with van der Waals surface area (Å²) >= 11 is 0. The van der Waals surface area contributed by atoms with Gasteiger partial charge in [-0.05, 0) is 19.8 Å². The van der Waals surface area contributed by atoms with Gasteiger partial charge in [0.05, 0.1) is 0 Å². The molecule has 120 valence electrons. The van der Waals surface area contributed by atoms with E-state index in [0.717, 1.165) is 0 Å². The number of rotatable bonds is 5. The van der Waals surface area contributed by atoms with Gasteiger partial charge in [0.2, 0.25) is 5.76 Å². The second-order valence-electron chi connectivity index (χ2n) is 5.00. The van der Waals surface area contributed by atoms with Gasteiger partial charge in [0.1, 0.15) is 17.4 Å². The molecule has 1 rings (SSSR count). The smallest absolute Gasteiger partial charge is 0.272 e. The number of allylic oxidation sites excluding steroid dienone is 2. The Bertz CT molecular complexity index is 557. The Morgan fingerprint density at radius 2 is 2.09 bits per heavy atom. The van der Waals surface area contributed by atoms with Gasteiger partial charge in [0, 0.05) is 30.9 Å². The number of likely N-dealkylation sites (N-methyl/N-ethyl adjacent to an activating group) is 1. The van der Waals surface area contributed by atoms with E-state index in [-0.39, 0.29) is 18.4 Å². The topological polar surface area (TPSA) is 128 Å². The van der Waals surface area contributed by atoms with E-state index in [9.17, 15) is 25.1 Å². The van der Waals surface area contributed by atoms with Crippen LogP contribution in [0.25, 0.3) is 0 Å². The van der Waals surface area contributed by atoms with Crippen LogP contribution in [0.5, 0.6) is 0 Å². The lowest BCUT2D eigenvalue weighted by molar-refractivity contribution is -0.519. The molecule has 0 aromatic heterocycles. The minimum Gasteiger partial charge on any atom is -0.509 e. The molecule has 0 aliphatic heterocycles. The Labute approximate surface area is 128 Å². The first-order valence-electron chi connectivity index (χ1n) is 7.01. The van der Waals surface area contributed by atoms with Crippen molar-refractivity contribution in [1.29, 1.82) is 5.26 Å². The monoisotopic (exact) mass is 309 g/mol. The molecule has 0 aromatic rings. The summed E-state index contributed by atoms with van der Waals surface area (Å²) in [5.74, 6) is -2.12. The number of nitrogens with zero attached hydrogens (tertiary/aromatic N) is 3. The highest BCUT2D eigenvalue weighted by Crippen LogP contribution is 2.30. The van der Waals surface area contributed by atoms with Crippen LogP contribution in [0, 0.1) is 27.4 Å². The molecule has 1 aliphatic carbocycles. The molecule has 2 unspecified atom stereocenters. The van der Waals surface area contributed by atoms with Crippen LogP contribution in [0.3, 0.4) is 0 Å². The molecule has 0 heterocycles. The zero-order valence-electron chi connectivity index (χ0n) is 12.5. The summed E-state index contributed by atoms with van der Waals surface area (Å²) < 4.78 is 0. The summed E-state index contributed by atoms with van der Waals surface area (Å²) in [5.41, 5.74) is -0.106. The van der Waals surface area contributed by atoms with Crippen molar-refractivity contribution >= 4 is 5.91 Å². The van der Waals surface area contributed by atoms with Crippen LogP contribution in [-0.4, -0.2) is 45.1 Å². The molecule has 8 nitrogen and oxygen atoms in total. The highest BCUT2D eigenvalue weighted by atomic mass is 16.6. The number of nitriles is 1. The third kappa shape index (κ3) is 3.75. The van der Waals surface area contributed by atoms with E-state index < -0.39 is 34.3 Å². The molecule has 0 aromatic carbocycles. The molecule has 0 saturated heterocycles. The lowest BCUT2D eigenvalue weighted by Crippen LogP contribution is -2.33. The molecule has 0 saturated carbocycles. The van der Waals surface area contributed by atoms with Gasteiger partial charge in [-0.25, -0.2) is 0 Å². The lowest BCUT2D eigenvalue weighted by atomic mass is 9.87. The Morgan fingerprint density at radius 1 is 1.50 bits per heavy atom. The first kappa shape index (κ1) is 17.5. The van der Waals surface area contributed by atoms with Gasteiger partial charge in [-0.1, -0.05) is 6.08 Å². The van der Waals surface area contributed by atoms with E-state index in [1.807, 2.05) is 6.07 Å². The van der Waals surface area contributed by atoms with Crippen LogP contribution in [0.15, 0.2) is 23.2 Å². The summed E-state index contributed by atoms with van der Waals surface area (Å²) in [6.07, 6.45) is 1.24. The number of hydrogen-bond donors (Lipinski definition) is 2. The van der Waals surface area contributed by atoms with Gasteiger partial charge in [0.15, 0.2) is 0 Å². The van der Waals surface area contributed by atoms with Crippen molar-refractivity contribution in [2.75, 3.05) is 13.1 Å². The zero-order valence-corrected chi connectivity index (χ0v) is 12.5. The predicted molar refractivity (Wildman–Crippen MR) is 77.4 cm³/mol. The van der Waals surface area contributed by atoms with Gasteiger partial charge >= 0.3 is 0 Å². The molecule has 0 spiro atoms. The summed E-state index contributed by atoms with van der Waals surface area (Å²) in [7, 11) is 0. The normalized spacial score (nSPS) is 22.1. The number of aliphatic hydroxyl groups is 2. The van der Waals surface area contributed by atoms with E-state index in [0.29, 0.717) is 13.1 Å². The van der Waals surface area contributed by atoms with Crippen molar-refractivity contribution in [2.24, 2.45) is 5.92 Å². The quantitative estimate of drug-likeness (QED) is 0.344. The Balaban J connectivity index is 3.03. The Morgan fingerprint density at radius 3 is 2.55 bits per heavy atom. The molecule has 1 amide bonds. The van der Waals surface area contributed by atoms with Gasteiger partial charge in [0.25, 0.3) is 11.9 Å². The van der Waals surface area contributed by atoms with Gasteiger partial charge in [-0.3, -0.25) is 14.9 Å². The summed E-state index contributed by atoms with van der Waals surface area (Å²) in [5, 5.41) is 39.2. The maximum absolute atomic E-state index is 12.1. The minimum atomic E-state index is -1.42. The SMILES string of the molecule is CCN(CC)C(=O)/C(C#N)=C/C1CC(O)=C(O)C([N+](=O)[O-])C1. The number of carbonyl (C=O) groups is 1. The number of aliphatic hydroxyl groups excluding tert-OH is 2. The second kappa shape index (κ2) is 7.45.